The summed E-state index contributed by atoms with van der Waals surface area (Å²) in [6, 6.07) is 82.1. The number of fused-ring (bicyclic) bond motifs is 5. The number of nitrogens with zero attached hydrogens (tertiary/aromatic N) is 1. The predicted molar refractivity (Wildman–Crippen MR) is 237 cm³/mol. The Morgan fingerprint density at radius 2 is 0.764 bits per heavy atom. The molecular formula is C53H37NSi. The van der Waals surface area contributed by atoms with Crippen LogP contribution in [0.15, 0.2) is 224 Å². The van der Waals surface area contributed by atoms with E-state index in [1.807, 2.05) is 0 Å². The Balaban J connectivity index is 1.02. The Labute approximate surface area is 322 Å². The van der Waals surface area contributed by atoms with Gasteiger partial charge in [0, 0.05) is 21.7 Å². The van der Waals surface area contributed by atoms with Crippen LogP contribution in [-0.4, -0.2) is 13.1 Å². The molecule has 0 saturated heterocycles. The van der Waals surface area contributed by atoms with Gasteiger partial charge in [-0.05, 0) is 65.9 Å². The van der Waals surface area contributed by atoms with Crippen LogP contribution in [0.1, 0.15) is 0 Å². The van der Waals surface area contributed by atoms with E-state index >= 15 is 0 Å². The van der Waals surface area contributed by atoms with E-state index in [4.69, 9.17) is 4.98 Å². The van der Waals surface area contributed by atoms with E-state index in [9.17, 15) is 0 Å². The number of pyridine rings is 1. The molecule has 0 aliphatic carbocycles. The van der Waals surface area contributed by atoms with E-state index in [-0.39, 0.29) is 0 Å². The minimum atomic E-state index is -2.57. The lowest BCUT2D eigenvalue weighted by Crippen LogP contribution is -2.74. The van der Waals surface area contributed by atoms with Crippen LogP contribution in [0.4, 0.5) is 0 Å². The first kappa shape index (κ1) is 32.8. The summed E-state index contributed by atoms with van der Waals surface area (Å²) < 4.78 is 0. The Bertz CT molecular complexity index is 2830. The van der Waals surface area contributed by atoms with Crippen LogP contribution in [0.2, 0.25) is 0 Å². The van der Waals surface area contributed by atoms with Crippen molar-refractivity contribution in [3.05, 3.63) is 224 Å². The molecule has 0 spiro atoms. The van der Waals surface area contributed by atoms with Crippen LogP contribution in [0.3, 0.4) is 0 Å². The van der Waals surface area contributed by atoms with Gasteiger partial charge in [-0.3, -0.25) is 0 Å². The van der Waals surface area contributed by atoms with Gasteiger partial charge in [0.05, 0.1) is 11.2 Å². The molecule has 1 heterocycles. The summed E-state index contributed by atoms with van der Waals surface area (Å²) in [6.45, 7) is 0. The normalized spacial score (nSPS) is 11.6. The molecule has 10 rings (SSSR count). The minimum Gasteiger partial charge on any atom is -0.247 e. The van der Waals surface area contributed by atoms with Crippen LogP contribution in [-0.2, 0) is 0 Å². The molecule has 1 aromatic heterocycles. The predicted octanol–water partition coefficient (Wildman–Crippen LogP) is 10.9. The number of hydrogen-bond donors (Lipinski definition) is 0. The summed E-state index contributed by atoms with van der Waals surface area (Å²) in [7, 11) is -2.57. The van der Waals surface area contributed by atoms with Crippen molar-refractivity contribution in [2.45, 2.75) is 0 Å². The van der Waals surface area contributed by atoms with Crippen molar-refractivity contribution in [3.8, 4) is 33.5 Å². The van der Waals surface area contributed by atoms with E-state index in [2.05, 4.69) is 224 Å². The highest BCUT2D eigenvalue weighted by Crippen LogP contribution is 2.37. The first-order valence-corrected chi connectivity index (χ1v) is 21.0. The average Bonchev–Trinajstić information content (AvgIpc) is 3.28. The molecule has 0 N–H and O–H groups in total. The van der Waals surface area contributed by atoms with Crippen LogP contribution < -0.4 is 20.7 Å². The first-order valence-electron chi connectivity index (χ1n) is 19.0. The quantitative estimate of drug-likeness (QED) is 0.0909. The molecule has 0 atom stereocenters. The molecule has 0 saturated carbocycles. The lowest BCUT2D eigenvalue weighted by Gasteiger charge is -2.34. The molecule has 55 heavy (non-hydrogen) atoms. The van der Waals surface area contributed by atoms with Crippen molar-refractivity contribution in [2.24, 2.45) is 0 Å². The SMILES string of the molecule is c1ccc([Si](c2ccccc2)(c2ccccc2)c2ccc(-c3cccc(-c4ccc(-c5nc6ccccc6c6c5ccc5ccccc56)cc4)c3)cc2)cc1. The van der Waals surface area contributed by atoms with Gasteiger partial charge in [0.25, 0.3) is 0 Å². The van der Waals surface area contributed by atoms with Gasteiger partial charge in [-0.2, -0.15) is 0 Å². The number of rotatable bonds is 7. The van der Waals surface area contributed by atoms with E-state index < -0.39 is 8.07 Å². The van der Waals surface area contributed by atoms with Crippen molar-refractivity contribution in [1.29, 1.82) is 0 Å². The largest absolute Gasteiger partial charge is 0.247 e. The highest BCUT2D eigenvalue weighted by Gasteiger charge is 2.41. The zero-order chi connectivity index (χ0) is 36.6. The maximum atomic E-state index is 5.22. The molecule has 1 nitrogen and oxygen atoms in total. The highest BCUT2D eigenvalue weighted by atomic mass is 28.3. The van der Waals surface area contributed by atoms with Crippen LogP contribution in [0.25, 0.3) is 66.0 Å². The van der Waals surface area contributed by atoms with E-state index in [0.29, 0.717) is 0 Å². The highest BCUT2D eigenvalue weighted by molar-refractivity contribution is 7.19. The Morgan fingerprint density at radius 3 is 1.36 bits per heavy atom. The number of benzene rings is 9. The number of aromatic nitrogens is 1. The van der Waals surface area contributed by atoms with Crippen molar-refractivity contribution in [1.82, 2.24) is 4.98 Å². The lowest BCUT2D eigenvalue weighted by molar-refractivity contribution is 1.43. The molecule has 0 radical (unpaired) electrons. The Hall–Kier alpha value is -6.87. The number of para-hydroxylation sites is 1. The third-order valence-electron chi connectivity index (χ3n) is 11.2. The molecule has 0 bridgehead atoms. The van der Waals surface area contributed by atoms with Gasteiger partial charge in [0.15, 0.2) is 8.07 Å². The summed E-state index contributed by atoms with van der Waals surface area (Å²) >= 11 is 0. The molecule has 0 aliphatic heterocycles. The summed E-state index contributed by atoms with van der Waals surface area (Å²) in [6.07, 6.45) is 0. The summed E-state index contributed by atoms with van der Waals surface area (Å²) in [4.78, 5) is 5.22. The molecule has 9 aromatic carbocycles. The van der Waals surface area contributed by atoms with Crippen LogP contribution in [0, 0.1) is 0 Å². The smallest absolute Gasteiger partial charge is 0.179 e. The molecule has 258 valence electrons. The van der Waals surface area contributed by atoms with Crippen LogP contribution >= 0.6 is 0 Å². The summed E-state index contributed by atoms with van der Waals surface area (Å²) in [5, 5.41) is 11.6. The van der Waals surface area contributed by atoms with E-state index in [1.54, 1.807) is 0 Å². The average molecular weight is 716 g/mol. The Kier molecular flexibility index (Phi) is 8.24. The second-order valence-corrected chi connectivity index (χ2v) is 18.1. The maximum Gasteiger partial charge on any atom is 0.179 e. The monoisotopic (exact) mass is 715 g/mol. The second-order valence-electron chi connectivity index (χ2n) is 14.3. The fraction of sp³-hybridized carbons (Fsp3) is 0. The zero-order valence-corrected chi connectivity index (χ0v) is 31.3. The van der Waals surface area contributed by atoms with Gasteiger partial charge in [0.1, 0.15) is 0 Å². The van der Waals surface area contributed by atoms with Gasteiger partial charge in [-0.1, -0.05) is 212 Å². The molecule has 0 aliphatic rings. The Morgan fingerprint density at radius 1 is 0.291 bits per heavy atom. The molecule has 10 aromatic rings. The zero-order valence-electron chi connectivity index (χ0n) is 30.3. The molecular weight excluding hydrogens is 679 g/mol. The van der Waals surface area contributed by atoms with Crippen molar-refractivity contribution in [3.63, 3.8) is 0 Å². The summed E-state index contributed by atoms with van der Waals surface area (Å²) in [5.74, 6) is 0. The molecule has 0 fully saturated rings. The fourth-order valence-corrected chi connectivity index (χ4v) is 13.4. The molecule has 0 amide bonds. The van der Waals surface area contributed by atoms with Gasteiger partial charge < -0.3 is 0 Å². The van der Waals surface area contributed by atoms with E-state index in [1.165, 1.54) is 69.9 Å². The van der Waals surface area contributed by atoms with Gasteiger partial charge in [0.2, 0.25) is 0 Å². The van der Waals surface area contributed by atoms with Gasteiger partial charge >= 0.3 is 0 Å². The lowest BCUT2D eigenvalue weighted by atomic mass is 9.94. The molecule has 0 unspecified atom stereocenters. The number of hydrogen-bond acceptors (Lipinski definition) is 1. The van der Waals surface area contributed by atoms with Crippen molar-refractivity contribution < 1.29 is 0 Å². The van der Waals surface area contributed by atoms with E-state index in [0.717, 1.165) is 16.8 Å². The van der Waals surface area contributed by atoms with Gasteiger partial charge in [-0.25, -0.2) is 4.98 Å². The summed E-state index contributed by atoms with van der Waals surface area (Å²) in [5.41, 5.74) is 7.93. The third kappa shape index (κ3) is 5.67. The van der Waals surface area contributed by atoms with Crippen LogP contribution in [0.5, 0.6) is 0 Å². The molecule has 2 heteroatoms. The fourth-order valence-electron chi connectivity index (χ4n) is 8.62. The first-order chi connectivity index (χ1) is 27.3. The van der Waals surface area contributed by atoms with Crippen molar-refractivity contribution in [2.75, 3.05) is 0 Å². The topological polar surface area (TPSA) is 12.9 Å². The van der Waals surface area contributed by atoms with Crippen molar-refractivity contribution >= 4 is 61.3 Å². The standard InChI is InChI=1S/C53H37NSi/c1-4-18-44(19-5-1)55(45-20-6-2-7-21-45,46-22-8-3-9-23-46)47-34-31-39(32-35-47)43-17-14-16-42(37-43)38-27-29-41(30-28-38)53-50-36-33-40-15-10-11-24-48(40)52(50)49-25-12-13-26-51(49)54-53/h1-37H. The minimum absolute atomic E-state index is 1.01. The second kappa shape index (κ2) is 13.8. The van der Waals surface area contributed by atoms with Gasteiger partial charge in [-0.15, -0.1) is 0 Å². The third-order valence-corrected chi connectivity index (χ3v) is 16.0. The maximum absolute atomic E-state index is 5.22.